The van der Waals surface area contributed by atoms with Crippen LogP contribution >= 0.6 is 12.2 Å². The molecular formula is C16H18F3N3O3S2. The molecule has 1 aromatic rings. The van der Waals surface area contributed by atoms with Gasteiger partial charge in [-0.05, 0) is 18.2 Å². The summed E-state index contributed by atoms with van der Waals surface area (Å²) >= 11 is 4.48. The molecule has 1 amide bonds. The van der Waals surface area contributed by atoms with Gasteiger partial charge in [0, 0.05) is 35.4 Å². The molecule has 6 nitrogen and oxygen atoms in total. The van der Waals surface area contributed by atoms with E-state index in [1.807, 2.05) is 4.90 Å². The Bertz CT molecular complexity index is 756. The van der Waals surface area contributed by atoms with E-state index in [2.05, 4.69) is 17.5 Å². The third kappa shape index (κ3) is 4.70. The molecule has 1 N–H and O–H groups in total. The molecule has 0 spiro atoms. The van der Waals surface area contributed by atoms with Crippen LogP contribution < -0.4 is 15.1 Å². The lowest BCUT2D eigenvalue weighted by atomic mass is 10.2. The van der Waals surface area contributed by atoms with Gasteiger partial charge in [0.15, 0.2) is 0 Å². The number of amides is 1. The topological polar surface area (TPSA) is 61.9 Å². The fourth-order valence-corrected chi connectivity index (χ4v) is 4.06. The van der Waals surface area contributed by atoms with E-state index in [0.717, 1.165) is 0 Å². The maximum absolute atomic E-state index is 14.5. The summed E-state index contributed by atoms with van der Waals surface area (Å²) in [6.45, 7) is 1.06. The van der Waals surface area contributed by atoms with E-state index in [-0.39, 0.29) is 13.1 Å². The van der Waals surface area contributed by atoms with E-state index in [0.29, 0.717) is 36.0 Å². The number of hydrogen-bond donors (Lipinski definition) is 1. The highest BCUT2D eigenvalue weighted by Gasteiger charge is 2.33. The van der Waals surface area contributed by atoms with Crippen LogP contribution in [0.1, 0.15) is 0 Å². The van der Waals surface area contributed by atoms with Crippen LogP contribution in [0, 0.1) is 5.82 Å². The predicted octanol–water partition coefficient (Wildman–Crippen LogP) is 1.90. The van der Waals surface area contributed by atoms with Gasteiger partial charge >= 0.3 is 6.09 Å². The van der Waals surface area contributed by atoms with Crippen LogP contribution in [0.25, 0.3) is 0 Å². The zero-order chi connectivity index (χ0) is 19.6. The van der Waals surface area contributed by atoms with Crippen LogP contribution in [0.2, 0.25) is 0 Å². The summed E-state index contributed by atoms with van der Waals surface area (Å²) < 4.78 is 55.9. The largest absolute Gasteiger partial charge is 0.442 e. The summed E-state index contributed by atoms with van der Waals surface area (Å²) in [7, 11) is -0.861. The average Bonchev–Trinajstić information content (AvgIpc) is 3.01. The van der Waals surface area contributed by atoms with Crippen molar-refractivity contribution in [3.63, 3.8) is 0 Å². The van der Waals surface area contributed by atoms with E-state index in [1.54, 1.807) is 12.1 Å². The fraction of sp³-hybridized carbons (Fsp3) is 0.500. The Morgan fingerprint density at radius 2 is 2.07 bits per heavy atom. The van der Waals surface area contributed by atoms with Gasteiger partial charge in [-0.15, -0.1) is 0 Å². The number of anilines is 2. The average molecular weight is 421 g/mol. The van der Waals surface area contributed by atoms with E-state index in [1.165, 1.54) is 11.0 Å². The quantitative estimate of drug-likeness (QED) is 0.733. The number of nitrogens with one attached hydrogen (secondary N) is 1. The SMILES string of the molecule is O=C1O[C@@H](CNC(=S)C(F)F)CN1c1ccc(N2CCS(=O)CC2)c(F)c1. The summed E-state index contributed by atoms with van der Waals surface area (Å²) in [4.78, 5) is 14.5. The Morgan fingerprint density at radius 1 is 1.37 bits per heavy atom. The third-order valence-electron chi connectivity index (χ3n) is 4.34. The van der Waals surface area contributed by atoms with Crippen molar-refractivity contribution >= 4 is 45.5 Å². The molecule has 2 aliphatic rings. The number of ether oxygens (including phenoxy) is 1. The molecule has 2 aliphatic heterocycles. The normalized spacial score (nSPS) is 20.9. The van der Waals surface area contributed by atoms with Gasteiger partial charge in [0.1, 0.15) is 16.9 Å². The zero-order valence-corrected chi connectivity index (χ0v) is 15.8. The van der Waals surface area contributed by atoms with E-state index in [4.69, 9.17) is 4.74 Å². The lowest BCUT2D eigenvalue weighted by Gasteiger charge is -2.29. The highest BCUT2D eigenvalue weighted by atomic mass is 32.2. The number of carbonyl (C=O) groups is 1. The third-order valence-corrected chi connectivity index (χ3v) is 5.94. The summed E-state index contributed by atoms with van der Waals surface area (Å²) in [6, 6.07) is 4.41. The maximum atomic E-state index is 14.5. The van der Waals surface area contributed by atoms with Crippen LogP contribution in [-0.2, 0) is 15.5 Å². The Labute approximate surface area is 162 Å². The van der Waals surface area contributed by atoms with Crippen LogP contribution in [0.4, 0.5) is 29.3 Å². The Balaban J connectivity index is 1.64. The van der Waals surface area contributed by atoms with Crippen molar-refractivity contribution in [3.05, 3.63) is 24.0 Å². The second-order valence-corrected chi connectivity index (χ2v) is 8.27. The summed E-state index contributed by atoms with van der Waals surface area (Å²) in [5.74, 6) is 0.497. The first-order valence-electron chi connectivity index (χ1n) is 8.28. The monoisotopic (exact) mass is 421 g/mol. The molecule has 27 heavy (non-hydrogen) atoms. The molecular weight excluding hydrogens is 403 g/mol. The van der Waals surface area contributed by atoms with Crippen LogP contribution in [-0.4, -0.2) is 65.5 Å². The van der Waals surface area contributed by atoms with E-state index >= 15 is 0 Å². The second-order valence-electron chi connectivity index (χ2n) is 6.13. The molecule has 0 aliphatic carbocycles. The van der Waals surface area contributed by atoms with Crippen molar-refractivity contribution in [1.29, 1.82) is 0 Å². The van der Waals surface area contributed by atoms with Gasteiger partial charge < -0.3 is 15.0 Å². The number of cyclic esters (lactones) is 1. The predicted molar refractivity (Wildman–Crippen MR) is 101 cm³/mol. The summed E-state index contributed by atoms with van der Waals surface area (Å²) in [5.41, 5.74) is 0.712. The van der Waals surface area contributed by atoms with Crippen molar-refractivity contribution in [2.75, 3.05) is 47.5 Å². The summed E-state index contributed by atoms with van der Waals surface area (Å²) in [5, 5.41) is 2.36. The smallest absolute Gasteiger partial charge is 0.414 e. The Morgan fingerprint density at radius 3 is 2.70 bits per heavy atom. The molecule has 0 aromatic heterocycles. The number of hydrogen-bond acceptors (Lipinski definition) is 5. The number of carbonyl (C=O) groups excluding carboxylic acids is 1. The van der Waals surface area contributed by atoms with Crippen molar-refractivity contribution in [3.8, 4) is 0 Å². The van der Waals surface area contributed by atoms with E-state index < -0.39 is 40.2 Å². The second kappa shape index (κ2) is 8.42. The molecule has 2 saturated heterocycles. The Kier molecular flexibility index (Phi) is 6.20. The molecule has 1 atom stereocenters. The molecule has 11 heteroatoms. The van der Waals surface area contributed by atoms with E-state index in [9.17, 15) is 22.2 Å². The first kappa shape index (κ1) is 19.9. The van der Waals surface area contributed by atoms with Crippen LogP contribution in [0.5, 0.6) is 0 Å². The molecule has 1 aromatic carbocycles. The van der Waals surface area contributed by atoms with Crippen molar-refractivity contribution < 1.29 is 26.9 Å². The standard InChI is InChI=1S/C16H18F3N3O3S2/c17-12-7-10(1-2-13(12)21-3-5-27(24)6-4-21)22-9-11(25-16(22)23)8-20-15(26)14(18)19/h1-2,7,11,14H,3-6,8-9H2,(H,20,26)/t11-/m0/s1. The molecule has 0 radical (unpaired) electrons. The molecule has 0 unspecified atom stereocenters. The highest BCUT2D eigenvalue weighted by Crippen LogP contribution is 2.28. The van der Waals surface area contributed by atoms with Gasteiger partial charge in [-0.3, -0.25) is 9.11 Å². The minimum Gasteiger partial charge on any atom is -0.442 e. The molecule has 0 saturated carbocycles. The number of nitrogens with zero attached hydrogens (tertiary/aromatic N) is 2. The van der Waals surface area contributed by atoms with Gasteiger partial charge in [0.2, 0.25) is 0 Å². The number of benzene rings is 1. The van der Waals surface area contributed by atoms with Gasteiger partial charge in [0.25, 0.3) is 6.43 Å². The maximum Gasteiger partial charge on any atom is 0.414 e. The molecule has 2 fully saturated rings. The Hall–Kier alpha value is -1.88. The van der Waals surface area contributed by atoms with Crippen LogP contribution in [0.15, 0.2) is 18.2 Å². The minimum atomic E-state index is -2.78. The molecule has 3 rings (SSSR count). The number of halogens is 3. The first-order chi connectivity index (χ1) is 12.8. The molecule has 0 bridgehead atoms. The molecule has 148 valence electrons. The lowest BCUT2D eigenvalue weighted by Crippen LogP contribution is -2.38. The fourth-order valence-electron chi connectivity index (χ4n) is 2.93. The van der Waals surface area contributed by atoms with Crippen molar-refractivity contribution in [1.82, 2.24) is 5.32 Å². The minimum absolute atomic E-state index is 0.0447. The van der Waals surface area contributed by atoms with Crippen LogP contribution in [0.3, 0.4) is 0 Å². The lowest BCUT2D eigenvalue weighted by molar-refractivity contribution is 0.142. The summed E-state index contributed by atoms with van der Waals surface area (Å²) in [6.07, 6.45) is -4.12. The van der Waals surface area contributed by atoms with Gasteiger partial charge in [-0.2, -0.15) is 0 Å². The van der Waals surface area contributed by atoms with Gasteiger partial charge in [-0.1, -0.05) is 12.2 Å². The number of rotatable bonds is 5. The van der Waals surface area contributed by atoms with Crippen molar-refractivity contribution in [2.45, 2.75) is 12.5 Å². The first-order valence-corrected chi connectivity index (χ1v) is 10.2. The van der Waals surface area contributed by atoms with Crippen molar-refractivity contribution in [2.24, 2.45) is 0 Å². The van der Waals surface area contributed by atoms with Gasteiger partial charge in [-0.25, -0.2) is 18.0 Å². The van der Waals surface area contributed by atoms with Gasteiger partial charge in [0.05, 0.1) is 24.5 Å². The number of alkyl halides is 2. The molecule has 2 heterocycles. The number of thiocarbonyl (C=S) groups is 1. The zero-order valence-electron chi connectivity index (χ0n) is 14.2. The highest BCUT2D eigenvalue weighted by molar-refractivity contribution is 7.85.